The van der Waals surface area contributed by atoms with Crippen LogP contribution in [0.5, 0.6) is 0 Å². The lowest BCUT2D eigenvalue weighted by Gasteiger charge is -2.28. The Labute approximate surface area is 133 Å². The average molecular weight is 304 g/mol. The van der Waals surface area contributed by atoms with E-state index < -0.39 is 0 Å². The molecule has 1 aliphatic heterocycles. The van der Waals surface area contributed by atoms with Gasteiger partial charge in [0, 0.05) is 31.4 Å². The Morgan fingerprint density at radius 3 is 2.86 bits per heavy atom. The number of pyridine rings is 1. The molecule has 0 bridgehead atoms. The summed E-state index contributed by atoms with van der Waals surface area (Å²) in [5, 5.41) is 6.51. The van der Waals surface area contributed by atoms with Gasteiger partial charge in [-0.05, 0) is 51.8 Å². The molecular formula is C17H28N4O. The third-order valence-corrected chi connectivity index (χ3v) is 4.17. The number of hydrogen-bond donors (Lipinski definition) is 2. The molecule has 0 aromatic carbocycles. The predicted octanol–water partition coefficient (Wildman–Crippen LogP) is 2.19. The first kappa shape index (κ1) is 16.7. The second-order valence-electron chi connectivity index (χ2n) is 6.03. The molecule has 1 aromatic rings. The smallest absolute Gasteiger partial charge is 0.253 e. The zero-order valence-corrected chi connectivity index (χ0v) is 13.9. The largest absolute Gasteiger partial charge is 0.357 e. The van der Waals surface area contributed by atoms with Gasteiger partial charge in [0.15, 0.2) is 0 Å². The van der Waals surface area contributed by atoms with Gasteiger partial charge in [-0.3, -0.25) is 4.79 Å². The first-order valence-corrected chi connectivity index (χ1v) is 8.39. The molecule has 2 heterocycles. The molecule has 2 atom stereocenters. The summed E-state index contributed by atoms with van der Waals surface area (Å²) in [5.74, 6) is 0.924. The van der Waals surface area contributed by atoms with Crippen molar-refractivity contribution in [3.8, 4) is 0 Å². The number of hydrogen-bond acceptors (Lipinski definition) is 4. The van der Waals surface area contributed by atoms with E-state index in [-0.39, 0.29) is 11.9 Å². The SMILES string of the molecule is CCCN(CC)c1ccc(C(=O)NC2CCNC(C)C2)cn1. The topological polar surface area (TPSA) is 57.3 Å². The Hall–Kier alpha value is -1.62. The van der Waals surface area contributed by atoms with Crippen LogP contribution in [0.15, 0.2) is 18.3 Å². The first-order chi connectivity index (χ1) is 10.6. The summed E-state index contributed by atoms with van der Waals surface area (Å²) in [7, 11) is 0. The number of nitrogens with zero attached hydrogens (tertiary/aromatic N) is 2. The molecular weight excluding hydrogens is 276 g/mol. The van der Waals surface area contributed by atoms with Crippen molar-refractivity contribution in [2.24, 2.45) is 0 Å². The summed E-state index contributed by atoms with van der Waals surface area (Å²) in [6.45, 7) is 9.32. The number of anilines is 1. The minimum absolute atomic E-state index is 0.0170. The van der Waals surface area contributed by atoms with E-state index in [0.717, 1.165) is 44.7 Å². The fourth-order valence-electron chi connectivity index (χ4n) is 2.94. The Morgan fingerprint density at radius 1 is 1.45 bits per heavy atom. The predicted molar refractivity (Wildman–Crippen MR) is 90.4 cm³/mol. The number of aromatic nitrogens is 1. The van der Waals surface area contributed by atoms with Gasteiger partial charge in [-0.25, -0.2) is 4.98 Å². The second kappa shape index (κ2) is 8.13. The Bertz CT molecular complexity index is 474. The monoisotopic (exact) mass is 304 g/mol. The maximum Gasteiger partial charge on any atom is 0.253 e. The van der Waals surface area contributed by atoms with Gasteiger partial charge in [0.2, 0.25) is 0 Å². The van der Waals surface area contributed by atoms with Gasteiger partial charge in [-0.1, -0.05) is 6.92 Å². The third-order valence-electron chi connectivity index (χ3n) is 4.17. The molecule has 2 unspecified atom stereocenters. The van der Waals surface area contributed by atoms with Crippen molar-refractivity contribution in [1.82, 2.24) is 15.6 Å². The van der Waals surface area contributed by atoms with E-state index in [0.29, 0.717) is 11.6 Å². The first-order valence-electron chi connectivity index (χ1n) is 8.39. The Balaban J connectivity index is 1.95. The van der Waals surface area contributed by atoms with Crippen molar-refractivity contribution >= 4 is 11.7 Å². The summed E-state index contributed by atoms with van der Waals surface area (Å²) in [4.78, 5) is 19.0. The summed E-state index contributed by atoms with van der Waals surface area (Å²) >= 11 is 0. The number of amides is 1. The van der Waals surface area contributed by atoms with Gasteiger partial charge < -0.3 is 15.5 Å². The van der Waals surface area contributed by atoms with Crippen LogP contribution in [0, 0.1) is 0 Å². The lowest BCUT2D eigenvalue weighted by Crippen LogP contribution is -2.46. The van der Waals surface area contributed by atoms with Crippen molar-refractivity contribution in [3.63, 3.8) is 0 Å². The molecule has 22 heavy (non-hydrogen) atoms. The van der Waals surface area contributed by atoms with Crippen LogP contribution in [-0.2, 0) is 0 Å². The van der Waals surface area contributed by atoms with Gasteiger partial charge in [0.25, 0.3) is 5.91 Å². The lowest BCUT2D eigenvalue weighted by atomic mass is 10.0. The van der Waals surface area contributed by atoms with E-state index in [2.05, 4.69) is 41.3 Å². The van der Waals surface area contributed by atoms with Crippen LogP contribution in [-0.4, -0.2) is 42.6 Å². The van der Waals surface area contributed by atoms with E-state index >= 15 is 0 Å². The quantitative estimate of drug-likeness (QED) is 0.846. The van der Waals surface area contributed by atoms with E-state index in [1.54, 1.807) is 6.20 Å². The molecule has 1 aromatic heterocycles. The minimum Gasteiger partial charge on any atom is -0.357 e. The fourth-order valence-corrected chi connectivity index (χ4v) is 2.94. The van der Waals surface area contributed by atoms with Crippen LogP contribution in [0.25, 0.3) is 0 Å². The standard InChI is InChI=1S/C17H28N4O/c1-4-10-21(5-2)16-7-6-14(12-19-16)17(22)20-15-8-9-18-13(3)11-15/h6-7,12-13,15,18H,4-5,8-11H2,1-3H3,(H,20,22). The third kappa shape index (κ3) is 4.44. The molecule has 2 rings (SSSR count). The van der Waals surface area contributed by atoms with Crippen LogP contribution in [0.3, 0.4) is 0 Å². The number of rotatable bonds is 6. The van der Waals surface area contributed by atoms with Crippen LogP contribution < -0.4 is 15.5 Å². The highest BCUT2D eigenvalue weighted by Gasteiger charge is 2.20. The Kier molecular flexibility index (Phi) is 6.19. The molecule has 1 fully saturated rings. The number of nitrogens with one attached hydrogen (secondary N) is 2. The average Bonchev–Trinajstić information content (AvgIpc) is 2.53. The van der Waals surface area contributed by atoms with E-state index in [1.165, 1.54) is 0 Å². The van der Waals surface area contributed by atoms with Crippen molar-refractivity contribution in [2.75, 3.05) is 24.5 Å². The fraction of sp³-hybridized carbons (Fsp3) is 0.647. The summed E-state index contributed by atoms with van der Waals surface area (Å²) in [5.41, 5.74) is 0.641. The number of piperidine rings is 1. The van der Waals surface area contributed by atoms with Crippen LogP contribution in [0.2, 0.25) is 0 Å². The molecule has 1 aliphatic rings. The summed E-state index contributed by atoms with van der Waals surface area (Å²) < 4.78 is 0. The second-order valence-corrected chi connectivity index (χ2v) is 6.03. The van der Waals surface area contributed by atoms with Gasteiger partial charge >= 0.3 is 0 Å². The molecule has 1 amide bonds. The number of carbonyl (C=O) groups is 1. The molecule has 0 saturated carbocycles. The van der Waals surface area contributed by atoms with E-state index in [4.69, 9.17) is 0 Å². The van der Waals surface area contributed by atoms with Crippen molar-refractivity contribution in [2.45, 2.75) is 52.1 Å². The van der Waals surface area contributed by atoms with Crippen LogP contribution in [0.1, 0.15) is 50.4 Å². The van der Waals surface area contributed by atoms with Gasteiger partial charge in [0.05, 0.1) is 5.56 Å². The summed E-state index contributed by atoms with van der Waals surface area (Å²) in [6.07, 6.45) is 4.75. The molecule has 5 heteroatoms. The minimum atomic E-state index is -0.0170. The lowest BCUT2D eigenvalue weighted by molar-refractivity contribution is 0.0925. The molecule has 0 spiro atoms. The highest BCUT2D eigenvalue weighted by Crippen LogP contribution is 2.13. The van der Waals surface area contributed by atoms with Crippen LogP contribution >= 0.6 is 0 Å². The molecule has 122 valence electrons. The highest BCUT2D eigenvalue weighted by molar-refractivity contribution is 5.94. The van der Waals surface area contributed by atoms with Gasteiger partial charge in [-0.2, -0.15) is 0 Å². The normalized spacial score (nSPS) is 21.4. The Morgan fingerprint density at radius 2 is 2.27 bits per heavy atom. The van der Waals surface area contributed by atoms with E-state index in [9.17, 15) is 4.79 Å². The van der Waals surface area contributed by atoms with E-state index in [1.807, 2.05) is 12.1 Å². The highest BCUT2D eigenvalue weighted by atomic mass is 16.1. The van der Waals surface area contributed by atoms with Crippen molar-refractivity contribution in [3.05, 3.63) is 23.9 Å². The number of carbonyl (C=O) groups excluding carboxylic acids is 1. The van der Waals surface area contributed by atoms with Crippen molar-refractivity contribution in [1.29, 1.82) is 0 Å². The van der Waals surface area contributed by atoms with Gasteiger partial charge in [-0.15, -0.1) is 0 Å². The molecule has 0 radical (unpaired) electrons. The van der Waals surface area contributed by atoms with Gasteiger partial charge in [0.1, 0.15) is 5.82 Å². The summed E-state index contributed by atoms with van der Waals surface area (Å²) in [6, 6.07) is 4.54. The maximum atomic E-state index is 12.3. The molecule has 2 N–H and O–H groups in total. The molecule has 5 nitrogen and oxygen atoms in total. The zero-order chi connectivity index (χ0) is 15.9. The molecule has 0 aliphatic carbocycles. The zero-order valence-electron chi connectivity index (χ0n) is 13.9. The molecule has 1 saturated heterocycles. The maximum absolute atomic E-state index is 12.3. The van der Waals surface area contributed by atoms with Crippen LogP contribution in [0.4, 0.5) is 5.82 Å². The van der Waals surface area contributed by atoms with Crippen molar-refractivity contribution < 1.29 is 4.79 Å².